The summed E-state index contributed by atoms with van der Waals surface area (Å²) in [5, 5.41) is 13.9. The van der Waals surface area contributed by atoms with Gasteiger partial charge < -0.3 is 10.4 Å². The third-order valence-corrected chi connectivity index (χ3v) is 4.42. The molecule has 1 aliphatic rings. The summed E-state index contributed by atoms with van der Waals surface area (Å²) in [5.41, 5.74) is -0.0588. The lowest BCUT2D eigenvalue weighted by atomic mass is 9.70. The summed E-state index contributed by atoms with van der Waals surface area (Å²) in [6.07, 6.45) is 5.50. The van der Waals surface area contributed by atoms with Crippen LogP contribution >= 0.6 is 0 Å². The van der Waals surface area contributed by atoms with Gasteiger partial charge in [0, 0.05) is 12.6 Å². The molecule has 0 heterocycles. The lowest BCUT2D eigenvalue weighted by Crippen LogP contribution is -2.47. The monoisotopic (exact) mass is 241 g/mol. The predicted octanol–water partition coefficient (Wildman–Crippen LogP) is 3.34. The van der Waals surface area contributed by atoms with Crippen LogP contribution < -0.4 is 5.32 Å². The number of aliphatic hydroxyl groups is 1. The fourth-order valence-corrected chi connectivity index (χ4v) is 3.34. The molecule has 2 heteroatoms. The minimum Gasteiger partial charge on any atom is -0.389 e. The Bertz CT molecular complexity index is 233. The number of nitrogens with one attached hydrogen (secondary N) is 1. The quantitative estimate of drug-likeness (QED) is 0.773. The van der Waals surface area contributed by atoms with Gasteiger partial charge in [0.25, 0.3) is 0 Å². The van der Waals surface area contributed by atoms with Crippen molar-refractivity contribution in [3.63, 3.8) is 0 Å². The van der Waals surface area contributed by atoms with Crippen molar-refractivity contribution in [2.24, 2.45) is 11.3 Å². The van der Waals surface area contributed by atoms with E-state index in [-0.39, 0.29) is 0 Å². The summed E-state index contributed by atoms with van der Waals surface area (Å²) in [6, 6.07) is 0.582. The van der Waals surface area contributed by atoms with Crippen molar-refractivity contribution in [1.29, 1.82) is 0 Å². The van der Waals surface area contributed by atoms with Gasteiger partial charge in [-0.25, -0.2) is 0 Å². The van der Waals surface area contributed by atoms with Crippen LogP contribution in [0.1, 0.15) is 66.7 Å². The Kier molecular flexibility index (Phi) is 5.03. The summed E-state index contributed by atoms with van der Waals surface area (Å²) in [5.74, 6) is 0.799. The van der Waals surface area contributed by atoms with E-state index in [4.69, 9.17) is 0 Å². The summed E-state index contributed by atoms with van der Waals surface area (Å²) >= 11 is 0. The van der Waals surface area contributed by atoms with Crippen LogP contribution in [0, 0.1) is 11.3 Å². The highest BCUT2D eigenvalue weighted by atomic mass is 16.3. The number of rotatable bonds is 5. The molecule has 0 amide bonds. The zero-order valence-electron chi connectivity index (χ0n) is 12.3. The van der Waals surface area contributed by atoms with Crippen LogP contribution in [0.15, 0.2) is 0 Å². The van der Waals surface area contributed by atoms with Crippen molar-refractivity contribution in [3.8, 4) is 0 Å². The molecular formula is C15H31NO. The fourth-order valence-electron chi connectivity index (χ4n) is 3.34. The Morgan fingerprint density at radius 1 is 1.24 bits per heavy atom. The normalized spacial score (nSPS) is 29.3. The summed E-state index contributed by atoms with van der Waals surface area (Å²) in [4.78, 5) is 0. The predicted molar refractivity (Wildman–Crippen MR) is 74.1 cm³/mol. The van der Waals surface area contributed by atoms with Gasteiger partial charge in [-0.1, -0.05) is 34.6 Å². The van der Waals surface area contributed by atoms with Crippen LogP contribution in [-0.2, 0) is 0 Å². The maximum atomic E-state index is 10.3. The molecule has 1 rings (SSSR count). The molecule has 2 nitrogen and oxygen atoms in total. The zero-order valence-corrected chi connectivity index (χ0v) is 12.3. The van der Waals surface area contributed by atoms with Crippen molar-refractivity contribution >= 4 is 0 Å². The lowest BCUT2D eigenvalue weighted by molar-refractivity contribution is 0.0240. The smallest absolute Gasteiger partial charge is 0.0766 e. The second kappa shape index (κ2) is 5.71. The average molecular weight is 241 g/mol. The second-order valence-electron chi connectivity index (χ2n) is 6.92. The number of hydrogen-bond donors (Lipinski definition) is 2. The van der Waals surface area contributed by atoms with Gasteiger partial charge in [-0.2, -0.15) is 0 Å². The van der Waals surface area contributed by atoms with Gasteiger partial charge in [0.15, 0.2) is 0 Å². The first-order valence-corrected chi connectivity index (χ1v) is 7.26. The molecule has 0 aliphatic heterocycles. The molecule has 17 heavy (non-hydrogen) atoms. The maximum Gasteiger partial charge on any atom is 0.0766 e. The highest BCUT2D eigenvalue weighted by Crippen LogP contribution is 2.38. The molecule has 0 aromatic rings. The molecule has 0 spiro atoms. The maximum absolute atomic E-state index is 10.3. The Morgan fingerprint density at radius 2 is 1.82 bits per heavy atom. The van der Waals surface area contributed by atoms with E-state index < -0.39 is 5.60 Å². The first-order chi connectivity index (χ1) is 7.80. The Morgan fingerprint density at radius 3 is 2.29 bits per heavy atom. The van der Waals surface area contributed by atoms with E-state index in [1.807, 2.05) is 0 Å². The average Bonchev–Trinajstić information content (AvgIpc) is 2.23. The molecule has 1 saturated carbocycles. The van der Waals surface area contributed by atoms with E-state index in [9.17, 15) is 5.11 Å². The highest BCUT2D eigenvalue weighted by Gasteiger charge is 2.33. The molecule has 1 fully saturated rings. The van der Waals surface area contributed by atoms with E-state index in [2.05, 4.69) is 39.9 Å². The lowest BCUT2D eigenvalue weighted by Gasteiger charge is -2.40. The van der Waals surface area contributed by atoms with Gasteiger partial charge >= 0.3 is 0 Å². The van der Waals surface area contributed by atoms with E-state index in [1.165, 1.54) is 19.3 Å². The van der Waals surface area contributed by atoms with Crippen LogP contribution in [0.25, 0.3) is 0 Å². The van der Waals surface area contributed by atoms with Crippen molar-refractivity contribution in [3.05, 3.63) is 0 Å². The standard InChI is InChI=1S/C15H31NO/c1-6-15(17,7-2)11-16-13-8-12(3)9-14(4,5)10-13/h12-13,16-17H,6-11H2,1-5H3. The van der Waals surface area contributed by atoms with Crippen LogP contribution in [0.5, 0.6) is 0 Å². The molecule has 102 valence electrons. The molecule has 2 unspecified atom stereocenters. The topological polar surface area (TPSA) is 32.3 Å². The molecule has 2 N–H and O–H groups in total. The van der Waals surface area contributed by atoms with Gasteiger partial charge in [0.1, 0.15) is 0 Å². The summed E-state index contributed by atoms with van der Waals surface area (Å²) < 4.78 is 0. The third kappa shape index (κ3) is 4.59. The first kappa shape index (κ1) is 15.0. The third-order valence-electron chi connectivity index (χ3n) is 4.42. The minimum absolute atomic E-state index is 0.450. The molecule has 0 saturated heterocycles. The molecule has 0 bridgehead atoms. The van der Waals surface area contributed by atoms with Gasteiger partial charge in [0.05, 0.1) is 5.60 Å². The fraction of sp³-hybridized carbons (Fsp3) is 1.00. The second-order valence-corrected chi connectivity index (χ2v) is 6.92. The number of hydrogen-bond acceptors (Lipinski definition) is 2. The molecule has 2 atom stereocenters. The summed E-state index contributed by atoms with van der Waals surface area (Å²) in [7, 11) is 0. The van der Waals surface area contributed by atoms with Crippen LogP contribution in [0.3, 0.4) is 0 Å². The van der Waals surface area contributed by atoms with Gasteiger partial charge in [0.2, 0.25) is 0 Å². The van der Waals surface area contributed by atoms with E-state index in [0.717, 1.165) is 25.3 Å². The van der Waals surface area contributed by atoms with Crippen LogP contribution in [0.4, 0.5) is 0 Å². The van der Waals surface area contributed by atoms with Crippen molar-refractivity contribution in [2.75, 3.05) is 6.54 Å². The van der Waals surface area contributed by atoms with E-state index in [0.29, 0.717) is 11.5 Å². The first-order valence-electron chi connectivity index (χ1n) is 7.26. The van der Waals surface area contributed by atoms with Crippen LogP contribution in [-0.4, -0.2) is 23.3 Å². The molecule has 1 aliphatic carbocycles. The van der Waals surface area contributed by atoms with Crippen molar-refractivity contribution in [1.82, 2.24) is 5.32 Å². The summed E-state index contributed by atoms with van der Waals surface area (Å²) in [6.45, 7) is 12.0. The molecular weight excluding hydrogens is 210 g/mol. The Labute approximate surface area is 107 Å². The molecule has 0 aromatic carbocycles. The van der Waals surface area contributed by atoms with Gasteiger partial charge in [-0.15, -0.1) is 0 Å². The minimum atomic E-state index is -0.509. The highest BCUT2D eigenvalue weighted by molar-refractivity contribution is 4.88. The van der Waals surface area contributed by atoms with E-state index in [1.54, 1.807) is 0 Å². The van der Waals surface area contributed by atoms with Gasteiger partial charge in [-0.3, -0.25) is 0 Å². The Balaban J connectivity index is 2.46. The Hall–Kier alpha value is -0.0800. The molecule has 0 radical (unpaired) electrons. The SMILES string of the molecule is CCC(O)(CC)CNC1CC(C)CC(C)(C)C1. The van der Waals surface area contributed by atoms with Gasteiger partial charge in [-0.05, 0) is 43.4 Å². The van der Waals surface area contributed by atoms with Crippen molar-refractivity contribution < 1.29 is 5.11 Å². The zero-order chi connectivity index (χ0) is 13.1. The van der Waals surface area contributed by atoms with E-state index >= 15 is 0 Å². The van der Waals surface area contributed by atoms with Crippen molar-refractivity contribution in [2.45, 2.75) is 78.4 Å². The van der Waals surface area contributed by atoms with Crippen LogP contribution in [0.2, 0.25) is 0 Å². The largest absolute Gasteiger partial charge is 0.389 e. The molecule has 0 aromatic heterocycles.